The molecule has 4 heteroatoms. The van der Waals surface area contributed by atoms with E-state index in [9.17, 15) is 4.79 Å². The van der Waals surface area contributed by atoms with E-state index in [1.807, 2.05) is 17.9 Å². The van der Waals surface area contributed by atoms with E-state index in [2.05, 4.69) is 53.2 Å². The highest BCUT2D eigenvalue weighted by Gasteiger charge is 2.26. The van der Waals surface area contributed by atoms with Gasteiger partial charge in [-0.1, -0.05) is 30.3 Å². The predicted molar refractivity (Wildman–Crippen MR) is 100 cm³/mol. The van der Waals surface area contributed by atoms with E-state index >= 15 is 0 Å². The van der Waals surface area contributed by atoms with E-state index in [4.69, 9.17) is 0 Å². The Labute approximate surface area is 149 Å². The molecule has 0 spiro atoms. The van der Waals surface area contributed by atoms with Gasteiger partial charge >= 0.3 is 0 Å². The van der Waals surface area contributed by atoms with Gasteiger partial charge in [0.25, 0.3) is 5.91 Å². The highest BCUT2D eigenvalue weighted by atomic mass is 16.2. The first-order valence-corrected chi connectivity index (χ1v) is 9.06. The lowest BCUT2D eigenvalue weighted by Gasteiger charge is -2.15. The molecule has 0 radical (unpaired) electrons. The summed E-state index contributed by atoms with van der Waals surface area (Å²) in [6.45, 7) is 7.89. The maximum Gasteiger partial charge on any atom is 0.254 e. The Morgan fingerprint density at radius 1 is 1.00 bits per heavy atom. The lowest BCUT2D eigenvalue weighted by Crippen LogP contribution is -2.22. The molecule has 1 amide bonds. The fourth-order valence-corrected chi connectivity index (χ4v) is 3.80. The van der Waals surface area contributed by atoms with Crippen molar-refractivity contribution in [3.05, 3.63) is 59.2 Å². The van der Waals surface area contributed by atoms with Gasteiger partial charge in [0.1, 0.15) is 0 Å². The van der Waals surface area contributed by atoms with Crippen LogP contribution < -0.4 is 0 Å². The van der Waals surface area contributed by atoms with Gasteiger partial charge in [0, 0.05) is 38.3 Å². The van der Waals surface area contributed by atoms with Crippen molar-refractivity contribution in [2.75, 3.05) is 33.4 Å². The van der Waals surface area contributed by atoms with Crippen LogP contribution in [0.2, 0.25) is 0 Å². The third kappa shape index (κ3) is 3.20. The van der Waals surface area contributed by atoms with Crippen molar-refractivity contribution < 1.29 is 4.79 Å². The second kappa shape index (κ2) is 6.62. The van der Waals surface area contributed by atoms with Crippen LogP contribution in [-0.2, 0) is 13.1 Å². The maximum atomic E-state index is 12.2. The van der Waals surface area contributed by atoms with Gasteiger partial charge in [-0.05, 0) is 48.4 Å². The average molecular weight is 335 g/mol. The Hall–Kier alpha value is -2.17. The molecule has 130 valence electrons. The summed E-state index contributed by atoms with van der Waals surface area (Å²) in [5, 5.41) is 0. The number of nitrogens with zero attached hydrogens (tertiary/aromatic N) is 3. The minimum atomic E-state index is 0.162. The number of amides is 1. The molecule has 25 heavy (non-hydrogen) atoms. The second-order valence-corrected chi connectivity index (χ2v) is 7.16. The summed E-state index contributed by atoms with van der Waals surface area (Å²) in [5.41, 5.74) is 5.77. The summed E-state index contributed by atoms with van der Waals surface area (Å²) in [6, 6.07) is 15.1. The van der Waals surface area contributed by atoms with Crippen molar-refractivity contribution in [1.29, 1.82) is 0 Å². The van der Waals surface area contributed by atoms with Gasteiger partial charge in [-0.15, -0.1) is 0 Å². The van der Waals surface area contributed by atoms with E-state index < -0.39 is 0 Å². The molecule has 2 aromatic carbocycles. The Balaban J connectivity index is 1.50. The average Bonchev–Trinajstić information content (AvgIpc) is 3.18. The zero-order valence-corrected chi connectivity index (χ0v) is 15.0. The molecule has 0 atom stereocenters. The van der Waals surface area contributed by atoms with Crippen molar-refractivity contribution in [2.24, 2.45) is 0 Å². The minimum Gasteiger partial charge on any atom is -0.335 e. The molecule has 2 aromatic rings. The van der Waals surface area contributed by atoms with Crippen LogP contribution in [0.4, 0.5) is 0 Å². The lowest BCUT2D eigenvalue weighted by molar-refractivity contribution is 0.0787. The number of hydrogen-bond donors (Lipinski definition) is 0. The van der Waals surface area contributed by atoms with E-state index in [1.165, 1.54) is 16.7 Å². The van der Waals surface area contributed by atoms with Crippen molar-refractivity contribution in [1.82, 2.24) is 14.7 Å². The Morgan fingerprint density at radius 3 is 2.44 bits per heavy atom. The molecule has 2 aliphatic rings. The number of benzene rings is 2. The first-order valence-electron chi connectivity index (χ1n) is 9.06. The topological polar surface area (TPSA) is 26.8 Å². The monoisotopic (exact) mass is 335 g/mol. The Morgan fingerprint density at radius 2 is 1.76 bits per heavy atom. The molecule has 0 N–H and O–H groups in total. The van der Waals surface area contributed by atoms with Crippen LogP contribution in [0.3, 0.4) is 0 Å². The summed E-state index contributed by atoms with van der Waals surface area (Å²) in [7, 11) is 2.17. The quantitative estimate of drug-likeness (QED) is 0.859. The van der Waals surface area contributed by atoms with Crippen molar-refractivity contribution >= 4 is 5.91 Å². The van der Waals surface area contributed by atoms with Gasteiger partial charge < -0.3 is 4.90 Å². The largest absolute Gasteiger partial charge is 0.335 e. The summed E-state index contributed by atoms with van der Waals surface area (Å²) < 4.78 is 0. The lowest BCUT2D eigenvalue weighted by atomic mass is 9.99. The smallest absolute Gasteiger partial charge is 0.254 e. The highest BCUT2D eigenvalue weighted by Crippen LogP contribution is 2.28. The van der Waals surface area contributed by atoms with Gasteiger partial charge in [-0.2, -0.15) is 0 Å². The molecule has 0 aliphatic carbocycles. The van der Waals surface area contributed by atoms with Crippen LogP contribution in [0, 0.1) is 0 Å². The van der Waals surface area contributed by atoms with Gasteiger partial charge in [0.15, 0.2) is 0 Å². The maximum absolute atomic E-state index is 12.2. The van der Waals surface area contributed by atoms with Crippen LogP contribution >= 0.6 is 0 Å². The molecular formula is C21H25N3O. The van der Waals surface area contributed by atoms with Crippen molar-refractivity contribution in [3.8, 4) is 11.1 Å². The molecular weight excluding hydrogens is 310 g/mol. The Kier molecular flexibility index (Phi) is 4.32. The van der Waals surface area contributed by atoms with Crippen LogP contribution in [0.5, 0.6) is 0 Å². The summed E-state index contributed by atoms with van der Waals surface area (Å²) in [5.74, 6) is 0.162. The molecule has 0 bridgehead atoms. The van der Waals surface area contributed by atoms with Gasteiger partial charge in [-0.3, -0.25) is 14.6 Å². The van der Waals surface area contributed by atoms with E-state index in [0.29, 0.717) is 0 Å². The van der Waals surface area contributed by atoms with Gasteiger partial charge in [0.05, 0.1) is 6.67 Å². The van der Waals surface area contributed by atoms with Crippen LogP contribution in [0.25, 0.3) is 11.1 Å². The summed E-state index contributed by atoms with van der Waals surface area (Å²) >= 11 is 0. The molecule has 2 aliphatic heterocycles. The number of likely N-dealkylation sites (N-methyl/N-ethyl adjacent to an activating group) is 1. The first-order chi connectivity index (χ1) is 12.1. The molecule has 0 saturated carbocycles. The van der Waals surface area contributed by atoms with Crippen LogP contribution in [-0.4, -0.2) is 54.0 Å². The standard InChI is InChI=1S/C21H25N3O/c1-3-24-14-19-12-18(8-9-20(19)21(24)25)17-6-4-16(5-7-17)13-23-11-10-22(2)15-23/h4-9,12H,3,10-11,13-15H2,1-2H3. The van der Waals surface area contributed by atoms with Crippen LogP contribution in [0.1, 0.15) is 28.4 Å². The van der Waals surface area contributed by atoms with E-state index in [1.54, 1.807) is 0 Å². The number of rotatable bonds is 4. The fourth-order valence-electron chi connectivity index (χ4n) is 3.80. The van der Waals surface area contributed by atoms with Crippen molar-refractivity contribution in [3.63, 3.8) is 0 Å². The van der Waals surface area contributed by atoms with Crippen molar-refractivity contribution in [2.45, 2.75) is 20.0 Å². The van der Waals surface area contributed by atoms with Crippen LogP contribution in [0.15, 0.2) is 42.5 Å². The predicted octanol–water partition coefficient (Wildman–Crippen LogP) is 3.03. The molecule has 4 nitrogen and oxygen atoms in total. The third-order valence-electron chi connectivity index (χ3n) is 5.30. The molecule has 0 aromatic heterocycles. The molecule has 1 fully saturated rings. The zero-order chi connectivity index (χ0) is 17.4. The minimum absolute atomic E-state index is 0.162. The zero-order valence-electron chi connectivity index (χ0n) is 15.0. The molecule has 0 unspecified atom stereocenters. The van der Waals surface area contributed by atoms with Gasteiger partial charge in [0.2, 0.25) is 0 Å². The highest BCUT2D eigenvalue weighted by molar-refractivity contribution is 5.99. The summed E-state index contributed by atoms with van der Waals surface area (Å²) in [6.07, 6.45) is 0. The number of carbonyl (C=O) groups excluding carboxylic acids is 1. The molecule has 4 rings (SSSR count). The first kappa shape index (κ1) is 16.3. The molecule has 1 saturated heterocycles. The van der Waals surface area contributed by atoms with E-state index in [-0.39, 0.29) is 5.91 Å². The van der Waals surface area contributed by atoms with E-state index in [0.717, 1.165) is 50.5 Å². The number of fused-ring (bicyclic) bond motifs is 1. The summed E-state index contributed by atoms with van der Waals surface area (Å²) in [4.78, 5) is 18.9. The molecule has 2 heterocycles. The second-order valence-electron chi connectivity index (χ2n) is 7.16. The SMILES string of the molecule is CCN1Cc2cc(-c3ccc(CN4CCN(C)C4)cc3)ccc2C1=O. The number of hydrogen-bond acceptors (Lipinski definition) is 3. The normalized spacial score (nSPS) is 18.2. The Bertz CT molecular complexity index is 784. The third-order valence-corrected chi connectivity index (χ3v) is 5.30. The number of carbonyl (C=O) groups is 1. The van der Waals surface area contributed by atoms with Gasteiger partial charge in [-0.25, -0.2) is 0 Å². The fraction of sp³-hybridized carbons (Fsp3) is 0.381.